The van der Waals surface area contributed by atoms with Gasteiger partial charge in [-0.05, 0) is 35.9 Å². The van der Waals surface area contributed by atoms with Crippen LogP contribution in [0.4, 0.5) is 0 Å². The van der Waals surface area contributed by atoms with Gasteiger partial charge < -0.3 is 10.0 Å². The molecule has 1 aliphatic heterocycles. The van der Waals surface area contributed by atoms with Crippen molar-refractivity contribution in [3.63, 3.8) is 0 Å². The van der Waals surface area contributed by atoms with Crippen LogP contribution in [0.25, 0.3) is 5.76 Å². The van der Waals surface area contributed by atoms with Crippen LogP contribution < -0.4 is 0 Å². The molecule has 1 aromatic carbocycles. The second kappa shape index (κ2) is 7.97. The van der Waals surface area contributed by atoms with Crippen LogP contribution >= 0.6 is 15.9 Å². The van der Waals surface area contributed by atoms with Crippen LogP contribution in [0.5, 0.6) is 0 Å². The van der Waals surface area contributed by atoms with Gasteiger partial charge in [0.15, 0.2) is 0 Å². The molecule has 0 spiro atoms. The molecule has 1 amide bonds. The van der Waals surface area contributed by atoms with Crippen LogP contribution in [-0.2, 0) is 16.1 Å². The van der Waals surface area contributed by atoms with Crippen LogP contribution in [0.1, 0.15) is 22.9 Å². The normalized spacial score (nSPS) is 18.2. The lowest BCUT2D eigenvalue weighted by molar-refractivity contribution is -0.140. The molecule has 1 fully saturated rings. The van der Waals surface area contributed by atoms with Gasteiger partial charge in [-0.15, -0.1) is 0 Å². The highest BCUT2D eigenvalue weighted by Gasteiger charge is 2.46. The van der Waals surface area contributed by atoms with E-state index in [1.807, 2.05) is 6.07 Å². The Labute approximate surface area is 175 Å². The topological polar surface area (TPSA) is 83.4 Å². The summed E-state index contributed by atoms with van der Waals surface area (Å²) in [6.07, 6.45) is 4.88. The molecule has 29 heavy (non-hydrogen) atoms. The van der Waals surface area contributed by atoms with Gasteiger partial charge in [0.1, 0.15) is 11.8 Å². The van der Waals surface area contributed by atoms with Crippen LogP contribution in [0.2, 0.25) is 0 Å². The van der Waals surface area contributed by atoms with E-state index >= 15 is 0 Å². The monoisotopic (exact) mass is 449 g/mol. The number of halogens is 1. The van der Waals surface area contributed by atoms with Gasteiger partial charge in [0.2, 0.25) is 0 Å². The highest BCUT2D eigenvalue weighted by atomic mass is 79.9. The average Bonchev–Trinajstić information content (AvgIpc) is 3.00. The average molecular weight is 450 g/mol. The number of aromatic nitrogens is 2. The van der Waals surface area contributed by atoms with E-state index in [1.54, 1.807) is 67.1 Å². The maximum Gasteiger partial charge on any atom is 0.296 e. The van der Waals surface area contributed by atoms with E-state index in [0.717, 1.165) is 10.0 Å². The number of likely N-dealkylation sites (tertiary alicyclic amines) is 1. The Morgan fingerprint density at radius 2 is 1.83 bits per heavy atom. The third kappa shape index (κ3) is 3.69. The van der Waals surface area contributed by atoms with Gasteiger partial charge in [-0.25, -0.2) is 0 Å². The van der Waals surface area contributed by atoms with E-state index < -0.39 is 17.7 Å². The van der Waals surface area contributed by atoms with Gasteiger partial charge in [0.05, 0.1) is 11.3 Å². The number of aliphatic hydroxyl groups excluding tert-OH is 1. The molecule has 2 aromatic heterocycles. The lowest BCUT2D eigenvalue weighted by Crippen LogP contribution is -2.29. The summed E-state index contributed by atoms with van der Waals surface area (Å²) >= 11 is 3.35. The molecule has 6 nitrogen and oxygen atoms in total. The molecule has 0 unspecified atom stereocenters. The smallest absolute Gasteiger partial charge is 0.296 e. The molecule has 0 bridgehead atoms. The molecule has 0 radical (unpaired) electrons. The minimum atomic E-state index is -0.792. The van der Waals surface area contributed by atoms with Crippen molar-refractivity contribution in [2.75, 3.05) is 0 Å². The van der Waals surface area contributed by atoms with Crippen molar-refractivity contribution in [2.45, 2.75) is 12.6 Å². The van der Waals surface area contributed by atoms with Gasteiger partial charge in [-0.3, -0.25) is 19.6 Å². The number of ketones is 1. The first-order chi connectivity index (χ1) is 14.1. The van der Waals surface area contributed by atoms with Crippen molar-refractivity contribution in [3.8, 4) is 0 Å². The maximum atomic E-state index is 12.9. The summed E-state index contributed by atoms with van der Waals surface area (Å²) in [5.74, 6) is -1.63. The highest BCUT2D eigenvalue weighted by molar-refractivity contribution is 9.10. The van der Waals surface area contributed by atoms with E-state index in [9.17, 15) is 14.7 Å². The SMILES string of the molecule is O=C1C(=O)N(Cc2cccnc2)[C@@H](c2ccccn2)/C1=C(\O)c1ccc(Br)cc1. The minimum Gasteiger partial charge on any atom is -0.507 e. The van der Waals surface area contributed by atoms with E-state index in [1.165, 1.54) is 4.90 Å². The number of amides is 1. The van der Waals surface area contributed by atoms with Gasteiger partial charge >= 0.3 is 0 Å². The Morgan fingerprint density at radius 3 is 2.48 bits per heavy atom. The van der Waals surface area contributed by atoms with Crippen molar-refractivity contribution in [1.82, 2.24) is 14.9 Å². The fraction of sp³-hybridized carbons (Fsp3) is 0.0909. The van der Waals surface area contributed by atoms with Crippen molar-refractivity contribution in [1.29, 1.82) is 0 Å². The Bertz CT molecular complexity index is 1080. The third-order valence-electron chi connectivity index (χ3n) is 4.70. The van der Waals surface area contributed by atoms with E-state index in [4.69, 9.17) is 0 Å². The fourth-order valence-electron chi connectivity index (χ4n) is 3.34. The van der Waals surface area contributed by atoms with Crippen LogP contribution in [0.3, 0.4) is 0 Å². The zero-order valence-corrected chi connectivity index (χ0v) is 16.8. The van der Waals surface area contributed by atoms with E-state index in [-0.39, 0.29) is 17.9 Å². The molecular formula is C22H16BrN3O3. The maximum absolute atomic E-state index is 12.9. The number of hydrogen-bond donors (Lipinski definition) is 1. The molecule has 144 valence electrons. The molecule has 1 atom stereocenters. The summed E-state index contributed by atoms with van der Waals surface area (Å²) in [4.78, 5) is 35.6. The number of aliphatic hydroxyl groups is 1. The standard InChI is InChI=1S/C22H16BrN3O3/c23-16-8-6-15(7-9-16)20(27)18-19(17-5-1-2-11-25-17)26(22(29)21(18)28)13-14-4-3-10-24-12-14/h1-12,19,27H,13H2/b20-18+/t19-/m0/s1. The van der Waals surface area contributed by atoms with Gasteiger partial charge in [0, 0.05) is 35.2 Å². The number of carbonyl (C=O) groups excluding carboxylic acids is 2. The Hall–Kier alpha value is -3.32. The Kier molecular flexibility index (Phi) is 5.22. The molecule has 3 heterocycles. The molecule has 1 aliphatic rings. The number of rotatable bonds is 4. The zero-order chi connectivity index (χ0) is 20.4. The first kappa shape index (κ1) is 19.0. The summed E-state index contributed by atoms with van der Waals surface area (Å²) in [5, 5.41) is 10.9. The minimum absolute atomic E-state index is 0.0277. The fourth-order valence-corrected chi connectivity index (χ4v) is 3.60. The number of Topliss-reactive ketones (excluding diaryl/α,β-unsaturated/α-hetero) is 1. The first-order valence-corrected chi connectivity index (χ1v) is 9.70. The summed E-state index contributed by atoms with van der Waals surface area (Å²) in [5.41, 5.74) is 1.77. The van der Waals surface area contributed by atoms with Crippen molar-refractivity contribution < 1.29 is 14.7 Å². The Morgan fingerprint density at radius 1 is 1.03 bits per heavy atom. The van der Waals surface area contributed by atoms with Crippen molar-refractivity contribution in [3.05, 3.63) is 100 Å². The molecule has 4 rings (SSSR count). The summed E-state index contributed by atoms with van der Waals surface area (Å²) in [6.45, 7) is 0.177. The van der Waals surface area contributed by atoms with Crippen LogP contribution in [0, 0.1) is 0 Å². The predicted octanol–water partition coefficient (Wildman–Crippen LogP) is 3.86. The predicted molar refractivity (Wildman–Crippen MR) is 110 cm³/mol. The van der Waals surface area contributed by atoms with E-state index in [0.29, 0.717) is 11.3 Å². The molecule has 7 heteroatoms. The summed E-state index contributed by atoms with van der Waals surface area (Å²) < 4.78 is 0.840. The summed E-state index contributed by atoms with van der Waals surface area (Å²) in [7, 11) is 0. The molecule has 0 saturated carbocycles. The number of hydrogen-bond acceptors (Lipinski definition) is 5. The van der Waals surface area contributed by atoms with Crippen LogP contribution in [-0.4, -0.2) is 31.7 Å². The quantitative estimate of drug-likeness (QED) is 0.371. The van der Waals surface area contributed by atoms with E-state index in [2.05, 4.69) is 25.9 Å². The molecule has 3 aromatic rings. The number of pyridine rings is 2. The summed E-state index contributed by atoms with van der Waals surface area (Å²) in [6, 6.07) is 15.0. The van der Waals surface area contributed by atoms with Crippen LogP contribution in [0.15, 0.2) is 83.2 Å². The lowest BCUT2D eigenvalue weighted by atomic mass is 9.98. The largest absolute Gasteiger partial charge is 0.507 e. The molecule has 1 saturated heterocycles. The second-order valence-electron chi connectivity index (χ2n) is 6.55. The number of nitrogens with zero attached hydrogens (tertiary/aromatic N) is 3. The second-order valence-corrected chi connectivity index (χ2v) is 7.47. The molecular weight excluding hydrogens is 434 g/mol. The lowest BCUT2D eigenvalue weighted by Gasteiger charge is -2.24. The number of carbonyl (C=O) groups is 2. The molecule has 1 N–H and O–H groups in total. The van der Waals surface area contributed by atoms with Crippen molar-refractivity contribution >= 4 is 33.4 Å². The third-order valence-corrected chi connectivity index (χ3v) is 5.23. The highest BCUT2D eigenvalue weighted by Crippen LogP contribution is 2.39. The first-order valence-electron chi connectivity index (χ1n) is 8.90. The number of benzene rings is 1. The van der Waals surface area contributed by atoms with Gasteiger partial charge in [0.25, 0.3) is 11.7 Å². The Balaban J connectivity index is 1.85. The van der Waals surface area contributed by atoms with Gasteiger partial charge in [-0.2, -0.15) is 0 Å². The zero-order valence-electron chi connectivity index (χ0n) is 15.2. The van der Waals surface area contributed by atoms with Gasteiger partial charge in [-0.1, -0.05) is 40.2 Å². The van der Waals surface area contributed by atoms with Crippen molar-refractivity contribution in [2.24, 2.45) is 0 Å². The molecule has 0 aliphatic carbocycles.